The smallest absolute Gasteiger partial charge is 0.244 e. The minimum absolute atomic E-state index is 0.0830. The first-order chi connectivity index (χ1) is 11.6. The third-order valence-corrected chi connectivity index (χ3v) is 6.69. The molecular weight excluding hydrogens is 346 g/mol. The molecule has 8 heteroatoms. The van der Waals surface area contributed by atoms with Gasteiger partial charge in [0.05, 0.1) is 0 Å². The highest BCUT2D eigenvalue weighted by atomic mass is 32.2. The maximum Gasteiger partial charge on any atom is 0.244 e. The molecule has 1 fully saturated rings. The van der Waals surface area contributed by atoms with Crippen LogP contribution in [-0.2, 0) is 21.2 Å². The van der Waals surface area contributed by atoms with E-state index < -0.39 is 10.0 Å². The largest absolute Gasteiger partial charge is 0.340 e. The zero-order chi connectivity index (χ0) is 17.0. The summed E-state index contributed by atoms with van der Waals surface area (Å²) in [6, 6.07) is 5.17. The summed E-state index contributed by atoms with van der Waals surface area (Å²) >= 11 is 1.62. The van der Waals surface area contributed by atoms with Gasteiger partial charge in [0.15, 0.2) is 0 Å². The number of hydrogen-bond acceptors (Lipinski definition) is 5. The van der Waals surface area contributed by atoms with Crippen molar-refractivity contribution in [2.24, 2.45) is 0 Å². The summed E-state index contributed by atoms with van der Waals surface area (Å²) in [4.78, 5) is 18.1. The summed E-state index contributed by atoms with van der Waals surface area (Å²) in [5.74, 6) is 0.0830. The molecule has 1 aliphatic heterocycles. The van der Waals surface area contributed by atoms with Crippen LogP contribution in [-0.4, -0.2) is 54.7 Å². The van der Waals surface area contributed by atoms with Crippen molar-refractivity contribution < 1.29 is 13.2 Å². The van der Waals surface area contributed by atoms with Crippen molar-refractivity contribution >= 4 is 27.3 Å². The van der Waals surface area contributed by atoms with Gasteiger partial charge in [-0.25, -0.2) is 8.42 Å². The lowest BCUT2D eigenvalue weighted by Crippen LogP contribution is -2.50. The summed E-state index contributed by atoms with van der Waals surface area (Å²) < 4.78 is 26.5. The quantitative estimate of drug-likeness (QED) is 0.807. The Morgan fingerprint density at radius 2 is 2.00 bits per heavy atom. The van der Waals surface area contributed by atoms with Crippen LogP contribution in [0.3, 0.4) is 0 Å². The molecule has 3 rings (SSSR count). The summed E-state index contributed by atoms with van der Waals surface area (Å²) in [7, 11) is -3.52. The minimum Gasteiger partial charge on any atom is -0.340 e. The number of carbonyl (C=O) groups excluding carboxylic acids is 1. The number of carbonyl (C=O) groups is 1. The highest BCUT2D eigenvalue weighted by molar-refractivity contribution is 7.89. The van der Waals surface area contributed by atoms with E-state index in [1.807, 2.05) is 16.8 Å². The van der Waals surface area contributed by atoms with Gasteiger partial charge in [-0.2, -0.15) is 15.6 Å². The van der Waals surface area contributed by atoms with E-state index in [0.29, 0.717) is 32.6 Å². The van der Waals surface area contributed by atoms with E-state index >= 15 is 0 Å². The monoisotopic (exact) mass is 365 g/mol. The first-order valence-corrected chi connectivity index (χ1v) is 10.1. The van der Waals surface area contributed by atoms with Crippen molar-refractivity contribution in [1.82, 2.24) is 14.2 Å². The summed E-state index contributed by atoms with van der Waals surface area (Å²) in [6.07, 6.45) is 4.10. The van der Waals surface area contributed by atoms with Crippen molar-refractivity contribution in [1.29, 1.82) is 0 Å². The Morgan fingerprint density at radius 3 is 2.62 bits per heavy atom. The molecule has 0 saturated carbocycles. The van der Waals surface area contributed by atoms with Gasteiger partial charge >= 0.3 is 0 Å². The Kier molecular flexibility index (Phi) is 5.27. The summed E-state index contributed by atoms with van der Waals surface area (Å²) in [6.45, 7) is 1.51. The van der Waals surface area contributed by atoms with E-state index in [1.165, 1.54) is 16.1 Å². The molecule has 0 atom stereocenters. The summed E-state index contributed by atoms with van der Waals surface area (Å²) in [5, 5.41) is 4.05. The fourth-order valence-corrected chi connectivity index (χ4v) is 4.76. The lowest BCUT2D eigenvalue weighted by Gasteiger charge is -2.34. The Balaban J connectivity index is 1.54. The molecule has 6 nitrogen and oxygen atoms in total. The molecule has 2 aromatic heterocycles. The number of aromatic nitrogens is 1. The molecule has 1 aliphatic rings. The van der Waals surface area contributed by atoms with Crippen LogP contribution in [0.5, 0.6) is 0 Å². The van der Waals surface area contributed by atoms with Crippen molar-refractivity contribution in [2.75, 3.05) is 26.2 Å². The Hall–Kier alpha value is -1.77. The fourth-order valence-electron chi connectivity index (χ4n) is 2.67. The number of piperazine rings is 1. The number of thiophene rings is 1. The first-order valence-electron chi connectivity index (χ1n) is 7.76. The van der Waals surface area contributed by atoms with Crippen molar-refractivity contribution in [3.63, 3.8) is 0 Å². The van der Waals surface area contributed by atoms with Crippen LogP contribution in [0.1, 0.15) is 12.0 Å². The van der Waals surface area contributed by atoms with E-state index in [2.05, 4.69) is 4.98 Å². The molecule has 0 radical (unpaired) electrons. The van der Waals surface area contributed by atoms with E-state index in [4.69, 9.17) is 0 Å². The van der Waals surface area contributed by atoms with Gasteiger partial charge in [-0.3, -0.25) is 9.78 Å². The number of amides is 1. The molecule has 0 aliphatic carbocycles. The number of sulfonamides is 1. The maximum atomic E-state index is 12.5. The normalized spacial score (nSPS) is 16.2. The van der Waals surface area contributed by atoms with E-state index in [0.717, 1.165) is 6.42 Å². The lowest BCUT2D eigenvalue weighted by atomic mass is 10.1. The van der Waals surface area contributed by atoms with E-state index in [9.17, 15) is 13.2 Å². The third-order valence-electron chi connectivity index (χ3n) is 4.07. The van der Waals surface area contributed by atoms with Gasteiger partial charge < -0.3 is 4.90 Å². The van der Waals surface area contributed by atoms with Crippen LogP contribution in [0.4, 0.5) is 0 Å². The van der Waals surface area contributed by atoms with Gasteiger partial charge in [0.1, 0.15) is 4.90 Å². The van der Waals surface area contributed by atoms with Crippen molar-refractivity contribution in [3.05, 3.63) is 46.9 Å². The second kappa shape index (κ2) is 7.42. The molecule has 0 unspecified atom stereocenters. The topological polar surface area (TPSA) is 70.6 Å². The summed E-state index contributed by atoms with van der Waals surface area (Å²) in [5.41, 5.74) is 1.17. The number of aryl methyl sites for hydroxylation is 1. The van der Waals surface area contributed by atoms with Gasteiger partial charge in [-0.15, -0.1) is 0 Å². The molecule has 128 valence electrons. The minimum atomic E-state index is -3.52. The Labute approximate surface area is 145 Å². The second-order valence-corrected chi connectivity index (χ2v) is 8.32. The molecule has 0 aromatic carbocycles. The second-order valence-electron chi connectivity index (χ2n) is 5.61. The maximum absolute atomic E-state index is 12.5. The number of pyridine rings is 1. The van der Waals surface area contributed by atoms with Crippen LogP contribution < -0.4 is 0 Å². The van der Waals surface area contributed by atoms with Crippen LogP contribution >= 0.6 is 11.3 Å². The molecule has 0 spiro atoms. The zero-order valence-corrected chi connectivity index (χ0v) is 14.8. The SMILES string of the molecule is O=C(CCc1ccsc1)N1CCN(S(=O)(=O)c2cccnc2)CC1. The van der Waals surface area contributed by atoms with Gasteiger partial charge in [-0.1, -0.05) is 0 Å². The standard InChI is InChI=1S/C16H19N3O3S2/c20-16(4-3-14-5-11-23-13-14)18-7-9-19(10-8-18)24(21,22)15-2-1-6-17-12-15/h1-2,5-6,11-13H,3-4,7-10H2. The highest BCUT2D eigenvalue weighted by Crippen LogP contribution is 2.17. The average Bonchev–Trinajstić information content (AvgIpc) is 3.14. The van der Waals surface area contributed by atoms with Crippen molar-refractivity contribution in [2.45, 2.75) is 17.7 Å². The third kappa shape index (κ3) is 3.82. The van der Waals surface area contributed by atoms with Crippen LogP contribution in [0.25, 0.3) is 0 Å². The Morgan fingerprint density at radius 1 is 1.21 bits per heavy atom. The molecule has 2 aromatic rings. The fraction of sp³-hybridized carbons (Fsp3) is 0.375. The van der Waals surface area contributed by atoms with Gasteiger partial charge in [-0.05, 0) is 40.9 Å². The molecule has 1 saturated heterocycles. The van der Waals surface area contributed by atoms with Crippen LogP contribution in [0.15, 0.2) is 46.2 Å². The molecule has 3 heterocycles. The van der Waals surface area contributed by atoms with E-state index in [-0.39, 0.29) is 10.8 Å². The predicted molar refractivity (Wildman–Crippen MR) is 92.2 cm³/mol. The van der Waals surface area contributed by atoms with Gasteiger partial charge in [0.25, 0.3) is 0 Å². The number of hydrogen-bond donors (Lipinski definition) is 0. The molecule has 1 amide bonds. The number of nitrogens with zero attached hydrogens (tertiary/aromatic N) is 3. The average molecular weight is 365 g/mol. The zero-order valence-electron chi connectivity index (χ0n) is 13.2. The van der Waals surface area contributed by atoms with Crippen molar-refractivity contribution in [3.8, 4) is 0 Å². The van der Waals surface area contributed by atoms with Gasteiger partial charge in [0, 0.05) is 45.0 Å². The number of rotatable bonds is 5. The van der Waals surface area contributed by atoms with Crippen LogP contribution in [0, 0.1) is 0 Å². The predicted octanol–water partition coefficient (Wildman–Crippen LogP) is 1.61. The van der Waals surface area contributed by atoms with Gasteiger partial charge in [0.2, 0.25) is 15.9 Å². The molecule has 24 heavy (non-hydrogen) atoms. The van der Waals surface area contributed by atoms with Crippen LogP contribution in [0.2, 0.25) is 0 Å². The molecular formula is C16H19N3O3S2. The lowest BCUT2D eigenvalue weighted by molar-refractivity contribution is -0.132. The Bertz CT molecular complexity index is 768. The molecule has 0 bridgehead atoms. The molecule has 0 N–H and O–H groups in total. The first kappa shape index (κ1) is 17.1. The van der Waals surface area contributed by atoms with E-state index in [1.54, 1.807) is 34.6 Å². The highest BCUT2D eigenvalue weighted by Gasteiger charge is 2.29.